The molecule has 0 aliphatic carbocycles. The second kappa shape index (κ2) is 8.51. The van der Waals surface area contributed by atoms with E-state index < -0.39 is 17.9 Å². The molecule has 0 aliphatic rings. The number of ether oxygens (including phenoxy) is 1. The largest absolute Gasteiger partial charge is 0.480 e. The van der Waals surface area contributed by atoms with Crippen molar-refractivity contribution in [2.45, 2.75) is 25.8 Å². The molecule has 0 rings (SSSR count). The molecule has 0 fully saturated rings. The number of carbonyl (C=O) groups excluding carboxylic acids is 2. The maximum atomic E-state index is 11.2. The van der Waals surface area contributed by atoms with Crippen molar-refractivity contribution in [1.82, 2.24) is 10.6 Å². The van der Waals surface area contributed by atoms with Crippen LogP contribution in [0.1, 0.15) is 19.8 Å². The molecule has 0 bridgehead atoms. The first-order valence-electron chi connectivity index (χ1n) is 5.25. The van der Waals surface area contributed by atoms with E-state index >= 15 is 0 Å². The molecule has 1 atom stereocenters. The Kier molecular flexibility index (Phi) is 7.70. The highest BCUT2D eigenvalue weighted by Crippen LogP contribution is 1.91. The van der Waals surface area contributed by atoms with E-state index in [9.17, 15) is 14.4 Å². The molecule has 1 unspecified atom stereocenters. The van der Waals surface area contributed by atoms with Crippen LogP contribution in [0.2, 0.25) is 0 Å². The van der Waals surface area contributed by atoms with Gasteiger partial charge in [-0.2, -0.15) is 0 Å². The average Bonchev–Trinajstić information content (AvgIpc) is 2.26. The summed E-state index contributed by atoms with van der Waals surface area (Å²) < 4.78 is 4.74. The lowest BCUT2D eigenvalue weighted by molar-refractivity contribution is -0.141. The third kappa shape index (κ3) is 8.21. The number of rotatable bonds is 8. The molecule has 0 saturated carbocycles. The molecular weight excluding hydrogens is 228 g/mol. The van der Waals surface area contributed by atoms with Gasteiger partial charge < -0.3 is 20.5 Å². The Bertz CT molecular complexity index is 280. The molecule has 3 N–H and O–H groups in total. The molecule has 0 aromatic heterocycles. The zero-order chi connectivity index (χ0) is 13.3. The zero-order valence-electron chi connectivity index (χ0n) is 9.99. The molecule has 17 heavy (non-hydrogen) atoms. The number of methoxy groups -OCH3 is 1. The normalized spacial score (nSPS) is 11.6. The van der Waals surface area contributed by atoms with Crippen molar-refractivity contribution in [3.63, 3.8) is 0 Å². The highest BCUT2D eigenvalue weighted by atomic mass is 16.5. The predicted octanol–water partition coefficient (Wildman–Crippen LogP) is -0.881. The van der Waals surface area contributed by atoms with Gasteiger partial charge in [0.2, 0.25) is 11.8 Å². The van der Waals surface area contributed by atoms with Gasteiger partial charge in [-0.3, -0.25) is 14.4 Å². The Hall–Kier alpha value is -1.63. The second-order valence-electron chi connectivity index (χ2n) is 3.47. The lowest BCUT2D eigenvalue weighted by Crippen LogP contribution is -2.38. The summed E-state index contributed by atoms with van der Waals surface area (Å²) in [6, 6.07) is -0.945. The Morgan fingerprint density at radius 2 is 1.82 bits per heavy atom. The molecule has 98 valence electrons. The van der Waals surface area contributed by atoms with Crippen molar-refractivity contribution in [3.05, 3.63) is 0 Å². The summed E-state index contributed by atoms with van der Waals surface area (Å²) in [5.41, 5.74) is 0. The standard InChI is InChI=1S/C10H18N2O5/c1-7(10(15)16)12-9(14)4-3-8(13)11-5-6-17-2/h7H,3-6H2,1-2H3,(H,11,13)(H,12,14)(H,15,16). The topological polar surface area (TPSA) is 105 Å². The van der Waals surface area contributed by atoms with E-state index in [1.54, 1.807) is 0 Å². The lowest BCUT2D eigenvalue weighted by atomic mass is 10.2. The van der Waals surface area contributed by atoms with Crippen molar-refractivity contribution in [3.8, 4) is 0 Å². The second-order valence-corrected chi connectivity index (χ2v) is 3.47. The van der Waals surface area contributed by atoms with Crippen LogP contribution in [-0.4, -0.2) is 49.2 Å². The number of aliphatic carboxylic acids is 1. The molecule has 0 spiro atoms. The number of nitrogens with one attached hydrogen (secondary N) is 2. The third-order valence-electron chi connectivity index (χ3n) is 1.96. The van der Waals surface area contributed by atoms with Crippen LogP contribution >= 0.6 is 0 Å². The van der Waals surface area contributed by atoms with E-state index in [0.29, 0.717) is 13.2 Å². The fourth-order valence-corrected chi connectivity index (χ4v) is 0.983. The average molecular weight is 246 g/mol. The predicted molar refractivity (Wildman–Crippen MR) is 59.4 cm³/mol. The van der Waals surface area contributed by atoms with Gasteiger partial charge in [0.15, 0.2) is 0 Å². The molecule has 2 amide bonds. The molecular formula is C10H18N2O5. The van der Waals surface area contributed by atoms with Crippen molar-refractivity contribution in [1.29, 1.82) is 0 Å². The number of amides is 2. The summed E-state index contributed by atoms with van der Waals surface area (Å²) in [6.45, 7) is 2.16. The van der Waals surface area contributed by atoms with Crippen molar-refractivity contribution < 1.29 is 24.2 Å². The fraction of sp³-hybridized carbons (Fsp3) is 0.700. The molecule has 0 aromatic rings. The zero-order valence-corrected chi connectivity index (χ0v) is 9.99. The summed E-state index contributed by atoms with van der Waals surface area (Å²) >= 11 is 0. The highest BCUT2D eigenvalue weighted by Gasteiger charge is 2.14. The van der Waals surface area contributed by atoms with E-state index in [4.69, 9.17) is 9.84 Å². The van der Waals surface area contributed by atoms with Crippen LogP contribution in [0.3, 0.4) is 0 Å². The van der Waals surface area contributed by atoms with Crippen LogP contribution in [0.15, 0.2) is 0 Å². The van der Waals surface area contributed by atoms with Gasteiger partial charge in [-0.25, -0.2) is 0 Å². The molecule has 0 aromatic carbocycles. The molecule has 0 saturated heterocycles. The lowest BCUT2D eigenvalue weighted by Gasteiger charge is -2.09. The van der Waals surface area contributed by atoms with Gasteiger partial charge in [0, 0.05) is 26.5 Å². The molecule has 7 nitrogen and oxygen atoms in total. The van der Waals surface area contributed by atoms with Gasteiger partial charge in [-0.1, -0.05) is 0 Å². The van der Waals surface area contributed by atoms with Crippen LogP contribution in [0, 0.1) is 0 Å². The van der Waals surface area contributed by atoms with Crippen molar-refractivity contribution in [2.75, 3.05) is 20.3 Å². The van der Waals surface area contributed by atoms with E-state index in [1.807, 2.05) is 0 Å². The first-order valence-corrected chi connectivity index (χ1v) is 5.25. The number of carboxylic acids is 1. The highest BCUT2D eigenvalue weighted by molar-refractivity contribution is 5.86. The van der Waals surface area contributed by atoms with Crippen molar-refractivity contribution >= 4 is 17.8 Å². The maximum Gasteiger partial charge on any atom is 0.325 e. The summed E-state index contributed by atoms with van der Waals surface area (Å²) in [6.07, 6.45) is -0.00166. The van der Waals surface area contributed by atoms with Gasteiger partial charge in [-0.15, -0.1) is 0 Å². The minimum absolute atomic E-state index is 0.0296. The number of carboxylic acid groups (broad SMARTS) is 1. The van der Waals surface area contributed by atoms with E-state index in [2.05, 4.69) is 10.6 Å². The van der Waals surface area contributed by atoms with Gasteiger partial charge in [0.05, 0.1) is 6.61 Å². The van der Waals surface area contributed by atoms with Gasteiger partial charge in [-0.05, 0) is 6.92 Å². The SMILES string of the molecule is COCCNC(=O)CCC(=O)NC(C)C(=O)O. The summed E-state index contributed by atoms with van der Waals surface area (Å²) in [5, 5.41) is 13.4. The van der Waals surface area contributed by atoms with E-state index in [-0.39, 0.29) is 18.7 Å². The first kappa shape index (κ1) is 15.4. The molecule has 0 aliphatic heterocycles. The summed E-state index contributed by atoms with van der Waals surface area (Å²) in [4.78, 5) is 32.8. The van der Waals surface area contributed by atoms with Crippen LogP contribution in [0.4, 0.5) is 0 Å². The number of carbonyl (C=O) groups is 3. The van der Waals surface area contributed by atoms with Gasteiger partial charge >= 0.3 is 5.97 Å². The first-order chi connectivity index (χ1) is 7.97. The molecule has 0 radical (unpaired) electrons. The minimum Gasteiger partial charge on any atom is -0.480 e. The maximum absolute atomic E-state index is 11.2. The van der Waals surface area contributed by atoms with Gasteiger partial charge in [0.1, 0.15) is 6.04 Å². The summed E-state index contributed by atoms with van der Waals surface area (Å²) in [7, 11) is 1.52. The van der Waals surface area contributed by atoms with Crippen LogP contribution < -0.4 is 10.6 Å². The fourth-order valence-electron chi connectivity index (χ4n) is 0.983. The van der Waals surface area contributed by atoms with E-state index in [0.717, 1.165) is 0 Å². The molecule has 0 heterocycles. The van der Waals surface area contributed by atoms with Crippen LogP contribution in [-0.2, 0) is 19.1 Å². The monoisotopic (exact) mass is 246 g/mol. The number of hydrogen-bond acceptors (Lipinski definition) is 4. The Balaban J connectivity index is 3.69. The van der Waals surface area contributed by atoms with Crippen LogP contribution in [0.5, 0.6) is 0 Å². The quantitative estimate of drug-likeness (QED) is 0.482. The van der Waals surface area contributed by atoms with Gasteiger partial charge in [0.25, 0.3) is 0 Å². The molecule has 7 heteroatoms. The Labute approximate surface area is 99.5 Å². The number of hydrogen-bond donors (Lipinski definition) is 3. The van der Waals surface area contributed by atoms with Crippen molar-refractivity contribution in [2.24, 2.45) is 0 Å². The van der Waals surface area contributed by atoms with E-state index in [1.165, 1.54) is 14.0 Å². The minimum atomic E-state index is -1.11. The van der Waals surface area contributed by atoms with Crippen LogP contribution in [0.25, 0.3) is 0 Å². The third-order valence-corrected chi connectivity index (χ3v) is 1.96. The summed E-state index contributed by atoms with van der Waals surface area (Å²) in [5.74, 6) is -1.83. The Morgan fingerprint density at radius 1 is 1.24 bits per heavy atom. The smallest absolute Gasteiger partial charge is 0.325 e. The Morgan fingerprint density at radius 3 is 2.35 bits per heavy atom.